The van der Waals surface area contributed by atoms with Gasteiger partial charge in [-0.2, -0.15) is 0 Å². The van der Waals surface area contributed by atoms with Crippen molar-refractivity contribution in [2.24, 2.45) is 11.8 Å². The molecule has 202 valence electrons. The van der Waals surface area contributed by atoms with E-state index in [-0.39, 0.29) is 5.97 Å². The molecular weight excluding hydrogens is 460 g/mol. The van der Waals surface area contributed by atoms with Crippen LogP contribution in [0.4, 0.5) is 0 Å². The smallest absolute Gasteiger partial charge is 0.343 e. The van der Waals surface area contributed by atoms with E-state index in [1.165, 1.54) is 57.8 Å². The highest BCUT2D eigenvalue weighted by atomic mass is 16.5. The number of unbranched alkanes of at least 4 members (excludes halogenated alkanes) is 4. The lowest BCUT2D eigenvalue weighted by Crippen LogP contribution is -2.20. The molecule has 0 aromatic heterocycles. The summed E-state index contributed by atoms with van der Waals surface area (Å²) in [4.78, 5) is 12.5. The van der Waals surface area contributed by atoms with E-state index in [0.717, 1.165) is 55.6 Å². The van der Waals surface area contributed by atoms with Crippen molar-refractivity contribution in [3.63, 3.8) is 0 Å². The quantitative estimate of drug-likeness (QED) is 0.0928. The number of ether oxygens (including phenoxy) is 3. The Morgan fingerprint density at radius 3 is 2.00 bits per heavy atom. The second-order valence-electron chi connectivity index (χ2n) is 10.3. The van der Waals surface area contributed by atoms with E-state index in [2.05, 4.69) is 13.5 Å². The molecule has 1 saturated carbocycles. The molecule has 37 heavy (non-hydrogen) atoms. The molecule has 1 aliphatic rings. The minimum Gasteiger partial charge on any atom is -0.494 e. The van der Waals surface area contributed by atoms with Crippen molar-refractivity contribution in [2.75, 3.05) is 13.2 Å². The van der Waals surface area contributed by atoms with Crippen molar-refractivity contribution in [3.05, 3.63) is 66.7 Å². The summed E-state index contributed by atoms with van der Waals surface area (Å²) in [5, 5.41) is 0. The first-order valence-electron chi connectivity index (χ1n) is 14.5. The highest BCUT2D eigenvalue weighted by molar-refractivity contribution is 5.91. The van der Waals surface area contributed by atoms with Gasteiger partial charge in [-0.25, -0.2) is 4.79 Å². The summed E-state index contributed by atoms with van der Waals surface area (Å²) in [7, 11) is 0. The predicted octanol–water partition coefficient (Wildman–Crippen LogP) is 9.19. The Kier molecular flexibility index (Phi) is 13.2. The van der Waals surface area contributed by atoms with Gasteiger partial charge in [0.2, 0.25) is 0 Å². The van der Waals surface area contributed by atoms with Crippen molar-refractivity contribution < 1.29 is 19.0 Å². The first kappa shape index (κ1) is 28.8. The van der Waals surface area contributed by atoms with Gasteiger partial charge in [0.25, 0.3) is 0 Å². The third-order valence-corrected chi connectivity index (χ3v) is 7.41. The molecule has 3 rings (SSSR count). The minimum atomic E-state index is -0.378. The van der Waals surface area contributed by atoms with Crippen LogP contribution in [0.15, 0.2) is 61.2 Å². The van der Waals surface area contributed by atoms with E-state index in [9.17, 15) is 4.79 Å². The Hall–Kier alpha value is -2.75. The van der Waals surface area contributed by atoms with Crippen LogP contribution in [-0.4, -0.2) is 19.2 Å². The van der Waals surface area contributed by atoms with Crippen molar-refractivity contribution in [1.82, 2.24) is 0 Å². The van der Waals surface area contributed by atoms with E-state index < -0.39 is 0 Å². The molecule has 4 nitrogen and oxygen atoms in total. The number of carbonyl (C=O) groups excluding carboxylic acids is 1. The summed E-state index contributed by atoms with van der Waals surface area (Å²) in [6.07, 6.45) is 18.2. The fourth-order valence-electron chi connectivity index (χ4n) is 5.34. The maximum Gasteiger partial charge on any atom is 0.343 e. The van der Waals surface area contributed by atoms with Crippen LogP contribution in [0.25, 0.3) is 0 Å². The topological polar surface area (TPSA) is 44.8 Å². The van der Waals surface area contributed by atoms with Gasteiger partial charge in [-0.1, -0.05) is 64.4 Å². The van der Waals surface area contributed by atoms with Gasteiger partial charge in [0.15, 0.2) is 0 Å². The molecule has 0 radical (unpaired) electrons. The summed E-state index contributed by atoms with van der Waals surface area (Å²) in [5.41, 5.74) is 0.501. The van der Waals surface area contributed by atoms with E-state index in [4.69, 9.17) is 14.2 Å². The minimum absolute atomic E-state index is 0.378. The average molecular weight is 507 g/mol. The van der Waals surface area contributed by atoms with Crippen molar-refractivity contribution >= 4 is 5.97 Å². The van der Waals surface area contributed by atoms with Crippen LogP contribution in [0.1, 0.15) is 101 Å². The molecule has 0 saturated heterocycles. The number of hydrogen-bond donors (Lipinski definition) is 0. The Labute approximate surface area is 224 Å². The number of allylic oxidation sites excluding steroid dienone is 1. The van der Waals surface area contributed by atoms with Crippen molar-refractivity contribution in [1.29, 1.82) is 0 Å². The van der Waals surface area contributed by atoms with Crippen LogP contribution >= 0.6 is 0 Å². The monoisotopic (exact) mass is 506 g/mol. The Morgan fingerprint density at radius 2 is 1.35 bits per heavy atom. The number of carbonyl (C=O) groups is 1. The summed E-state index contributed by atoms with van der Waals surface area (Å²) in [6, 6.07) is 14.5. The Balaban J connectivity index is 1.34. The van der Waals surface area contributed by atoms with Crippen LogP contribution in [0.2, 0.25) is 0 Å². The fourth-order valence-corrected chi connectivity index (χ4v) is 5.34. The zero-order chi connectivity index (χ0) is 26.1. The molecule has 4 heteroatoms. The molecular formula is C33H46O4. The molecule has 0 spiro atoms. The predicted molar refractivity (Wildman–Crippen MR) is 152 cm³/mol. The van der Waals surface area contributed by atoms with Gasteiger partial charge in [0.1, 0.15) is 17.2 Å². The van der Waals surface area contributed by atoms with Gasteiger partial charge < -0.3 is 14.2 Å². The zero-order valence-electron chi connectivity index (χ0n) is 22.8. The summed E-state index contributed by atoms with van der Waals surface area (Å²) in [6.45, 7) is 7.47. The van der Waals surface area contributed by atoms with Gasteiger partial charge in [-0.3, -0.25) is 0 Å². The molecule has 2 atom stereocenters. The molecule has 2 aromatic carbocycles. The average Bonchev–Trinajstić information content (AvgIpc) is 2.93. The molecule has 0 amide bonds. The number of benzene rings is 2. The fraction of sp³-hybridized carbons (Fsp3) is 0.545. The van der Waals surface area contributed by atoms with Gasteiger partial charge in [-0.15, -0.1) is 6.58 Å². The van der Waals surface area contributed by atoms with Crippen LogP contribution in [-0.2, 0) is 0 Å². The van der Waals surface area contributed by atoms with E-state index in [0.29, 0.717) is 17.9 Å². The molecule has 2 aromatic rings. The van der Waals surface area contributed by atoms with Crippen LogP contribution in [0, 0.1) is 11.8 Å². The van der Waals surface area contributed by atoms with E-state index >= 15 is 0 Å². The number of rotatable bonds is 17. The molecule has 0 N–H and O–H groups in total. The van der Waals surface area contributed by atoms with E-state index in [1.54, 1.807) is 24.3 Å². The lowest BCUT2D eigenvalue weighted by atomic mass is 9.75. The van der Waals surface area contributed by atoms with Crippen molar-refractivity contribution in [3.8, 4) is 17.2 Å². The third kappa shape index (κ3) is 10.6. The van der Waals surface area contributed by atoms with Crippen molar-refractivity contribution in [2.45, 2.75) is 90.4 Å². The van der Waals surface area contributed by atoms with Crippen LogP contribution < -0.4 is 14.2 Å². The lowest BCUT2D eigenvalue weighted by Gasteiger charge is -2.31. The summed E-state index contributed by atoms with van der Waals surface area (Å²) < 4.78 is 17.3. The SMILES string of the molecule is C=CCCCCCCOc1ccc(C(=O)Oc2ccc(OCCCC3CCCCC3CCC)cc2)cc1. The summed E-state index contributed by atoms with van der Waals surface area (Å²) in [5.74, 6) is 3.51. The standard InChI is InChI=1S/C33H46O4/c1-3-5-6-7-8-11-25-35-30-19-17-29(18-20-30)33(34)37-32-23-21-31(22-24-32)36-26-12-16-28-15-10-9-14-27(28)13-4-2/h3,17-24,27-28H,1,4-16,25-26H2,2H3. The second kappa shape index (κ2) is 16.9. The molecule has 0 heterocycles. The lowest BCUT2D eigenvalue weighted by molar-refractivity contribution is 0.0734. The molecule has 1 aliphatic carbocycles. The molecule has 0 bridgehead atoms. The summed E-state index contributed by atoms with van der Waals surface area (Å²) >= 11 is 0. The van der Waals surface area contributed by atoms with Crippen LogP contribution in [0.5, 0.6) is 17.2 Å². The van der Waals surface area contributed by atoms with E-state index in [1.807, 2.05) is 30.3 Å². The number of esters is 1. The van der Waals surface area contributed by atoms with Gasteiger partial charge in [-0.05, 0) is 92.5 Å². The largest absolute Gasteiger partial charge is 0.494 e. The van der Waals surface area contributed by atoms with Crippen LogP contribution in [0.3, 0.4) is 0 Å². The highest BCUT2D eigenvalue weighted by Crippen LogP contribution is 2.36. The van der Waals surface area contributed by atoms with Gasteiger partial charge >= 0.3 is 5.97 Å². The number of hydrogen-bond acceptors (Lipinski definition) is 4. The first-order chi connectivity index (χ1) is 18.2. The van der Waals surface area contributed by atoms with Gasteiger partial charge in [0, 0.05) is 0 Å². The highest BCUT2D eigenvalue weighted by Gasteiger charge is 2.23. The Bertz CT molecular complexity index is 901. The maximum absolute atomic E-state index is 12.5. The first-order valence-corrected chi connectivity index (χ1v) is 14.5. The molecule has 1 fully saturated rings. The normalized spacial score (nSPS) is 17.2. The zero-order valence-corrected chi connectivity index (χ0v) is 22.8. The second-order valence-corrected chi connectivity index (χ2v) is 10.3. The van der Waals surface area contributed by atoms with Gasteiger partial charge in [0.05, 0.1) is 18.8 Å². The maximum atomic E-state index is 12.5. The molecule has 2 unspecified atom stereocenters. The Morgan fingerprint density at radius 1 is 0.784 bits per heavy atom. The third-order valence-electron chi connectivity index (χ3n) is 7.41. The molecule has 0 aliphatic heterocycles.